The van der Waals surface area contributed by atoms with Crippen LogP contribution in [0.3, 0.4) is 0 Å². The van der Waals surface area contributed by atoms with Gasteiger partial charge in [0.25, 0.3) is 0 Å². The number of halogens is 2. The average molecular weight is 187 g/mol. The number of hydrogen-bond donors (Lipinski definition) is 1. The monoisotopic (exact) mass is 186 g/mol. The average Bonchev–Trinajstić information content (AvgIpc) is 2.19. The van der Waals surface area contributed by atoms with Crippen LogP contribution in [0.25, 0.3) is 0 Å². The minimum Gasteiger partial charge on any atom is -0.303 e. The minimum atomic E-state index is 0. The predicted molar refractivity (Wildman–Crippen MR) is 49.2 cm³/mol. The summed E-state index contributed by atoms with van der Waals surface area (Å²) in [6.07, 6.45) is 1.28. The highest BCUT2D eigenvalue weighted by Crippen LogP contribution is 1.92. The Morgan fingerprint density at radius 2 is 2.10 bits per heavy atom. The van der Waals surface area contributed by atoms with Crippen LogP contribution in [0.1, 0.15) is 13.3 Å². The summed E-state index contributed by atoms with van der Waals surface area (Å²) in [5.74, 6) is 0. The second-order valence-corrected chi connectivity index (χ2v) is 2.28. The molecule has 1 aliphatic heterocycles. The second kappa shape index (κ2) is 7.61. The fourth-order valence-corrected chi connectivity index (χ4v) is 1.06. The van der Waals surface area contributed by atoms with E-state index in [1.165, 1.54) is 26.1 Å². The molecule has 1 saturated heterocycles. The summed E-state index contributed by atoms with van der Waals surface area (Å²) in [7, 11) is 0. The lowest BCUT2D eigenvalue weighted by Gasteiger charge is -2.10. The largest absolute Gasteiger partial charge is 0.303 e. The van der Waals surface area contributed by atoms with Crippen molar-refractivity contribution in [1.82, 2.24) is 10.2 Å². The molecule has 0 bridgehead atoms. The highest BCUT2D eigenvalue weighted by atomic mass is 35.5. The van der Waals surface area contributed by atoms with Gasteiger partial charge in [-0.25, -0.2) is 0 Å². The maximum atomic E-state index is 3.28. The van der Waals surface area contributed by atoms with Crippen molar-refractivity contribution in [2.75, 3.05) is 26.3 Å². The van der Waals surface area contributed by atoms with Crippen LogP contribution >= 0.6 is 24.8 Å². The lowest BCUT2D eigenvalue weighted by atomic mass is 10.4. The van der Waals surface area contributed by atoms with Crippen molar-refractivity contribution in [3.63, 3.8) is 0 Å². The van der Waals surface area contributed by atoms with Crippen LogP contribution in [0.4, 0.5) is 0 Å². The van der Waals surface area contributed by atoms with Crippen LogP contribution in [-0.2, 0) is 0 Å². The van der Waals surface area contributed by atoms with Gasteiger partial charge in [0.05, 0.1) is 0 Å². The van der Waals surface area contributed by atoms with Crippen molar-refractivity contribution in [2.45, 2.75) is 13.3 Å². The summed E-state index contributed by atoms with van der Waals surface area (Å²) in [4.78, 5) is 2.43. The van der Waals surface area contributed by atoms with Gasteiger partial charge >= 0.3 is 0 Å². The fourth-order valence-electron chi connectivity index (χ4n) is 1.06. The van der Waals surface area contributed by atoms with E-state index < -0.39 is 0 Å². The molecule has 0 aliphatic carbocycles. The summed E-state index contributed by atoms with van der Waals surface area (Å²) in [5, 5.41) is 3.28. The highest BCUT2D eigenvalue weighted by Gasteiger charge is 2.07. The molecule has 1 rings (SSSR count). The van der Waals surface area contributed by atoms with Crippen LogP contribution in [0.5, 0.6) is 0 Å². The molecule has 0 spiro atoms. The Kier molecular flexibility index (Phi) is 9.97. The molecule has 1 aliphatic rings. The molecule has 1 N–H and O–H groups in total. The molecule has 64 valence electrons. The molecule has 0 aromatic carbocycles. The highest BCUT2D eigenvalue weighted by molar-refractivity contribution is 5.85. The fraction of sp³-hybridized carbons (Fsp3) is 1.00. The Balaban J connectivity index is 0. The number of nitrogens with zero attached hydrogens (tertiary/aromatic N) is 1. The van der Waals surface area contributed by atoms with E-state index in [0.29, 0.717) is 0 Å². The molecule has 0 unspecified atom stereocenters. The van der Waals surface area contributed by atoms with E-state index in [2.05, 4.69) is 17.1 Å². The van der Waals surface area contributed by atoms with Crippen LogP contribution < -0.4 is 5.32 Å². The SMILES string of the molecule is CCCN1CCNC1.Cl.Cl. The van der Waals surface area contributed by atoms with Crippen LogP contribution in [-0.4, -0.2) is 31.2 Å². The first-order chi connectivity index (χ1) is 3.93. The third-order valence-corrected chi connectivity index (χ3v) is 1.48. The van der Waals surface area contributed by atoms with Crippen molar-refractivity contribution in [2.24, 2.45) is 0 Å². The van der Waals surface area contributed by atoms with Crippen LogP contribution in [0, 0.1) is 0 Å². The first kappa shape index (κ1) is 13.1. The summed E-state index contributed by atoms with van der Waals surface area (Å²) < 4.78 is 0. The van der Waals surface area contributed by atoms with Gasteiger partial charge in [-0.05, 0) is 13.0 Å². The van der Waals surface area contributed by atoms with Crippen molar-refractivity contribution in [1.29, 1.82) is 0 Å². The summed E-state index contributed by atoms with van der Waals surface area (Å²) in [6, 6.07) is 0. The maximum Gasteiger partial charge on any atom is 0.0481 e. The van der Waals surface area contributed by atoms with E-state index in [9.17, 15) is 0 Å². The van der Waals surface area contributed by atoms with Crippen LogP contribution in [0.2, 0.25) is 0 Å². The van der Waals surface area contributed by atoms with Gasteiger partial charge in [0.1, 0.15) is 0 Å². The predicted octanol–water partition coefficient (Wildman–Crippen LogP) is 1.10. The zero-order chi connectivity index (χ0) is 5.82. The van der Waals surface area contributed by atoms with E-state index in [4.69, 9.17) is 0 Å². The molecule has 4 heteroatoms. The lowest BCUT2D eigenvalue weighted by molar-refractivity contribution is 0.336. The van der Waals surface area contributed by atoms with Crippen molar-refractivity contribution in [3.8, 4) is 0 Å². The number of rotatable bonds is 2. The normalized spacial score (nSPS) is 17.7. The van der Waals surface area contributed by atoms with Gasteiger partial charge in [-0.15, -0.1) is 24.8 Å². The summed E-state index contributed by atoms with van der Waals surface area (Å²) in [5.41, 5.74) is 0. The molecule has 0 saturated carbocycles. The van der Waals surface area contributed by atoms with E-state index in [-0.39, 0.29) is 24.8 Å². The van der Waals surface area contributed by atoms with Crippen molar-refractivity contribution >= 4 is 24.8 Å². The second-order valence-electron chi connectivity index (χ2n) is 2.28. The first-order valence-electron chi connectivity index (χ1n) is 3.36. The third-order valence-electron chi connectivity index (χ3n) is 1.48. The van der Waals surface area contributed by atoms with Gasteiger partial charge in [0.2, 0.25) is 0 Å². The Labute approximate surface area is 75.2 Å². The molecule has 1 fully saturated rings. The van der Waals surface area contributed by atoms with E-state index in [1.54, 1.807) is 0 Å². The van der Waals surface area contributed by atoms with E-state index in [0.717, 1.165) is 6.67 Å². The number of hydrogen-bond acceptors (Lipinski definition) is 2. The van der Waals surface area contributed by atoms with Gasteiger partial charge in [0, 0.05) is 19.8 Å². The van der Waals surface area contributed by atoms with Gasteiger partial charge in [-0.2, -0.15) is 0 Å². The first-order valence-corrected chi connectivity index (χ1v) is 3.36. The molecule has 10 heavy (non-hydrogen) atoms. The molecular weight excluding hydrogens is 171 g/mol. The lowest BCUT2D eigenvalue weighted by Crippen LogP contribution is -2.22. The Bertz CT molecular complexity index is 64.8. The minimum absolute atomic E-state index is 0. The smallest absolute Gasteiger partial charge is 0.0481 e. The molecule has 2 nitrogen and oxygen atoms in total. The quantitative estimate of drug-likeness (QED) is 0.696. The molecular formula is C6H16Cl2N2. The molecule has 1 heterocycles. The zero-order valence-corrected chi connectivity index (χ0v) is 7.93. The standard InChI is InChI=1S/C6H14N2.2ClH/c1-2-4-8-5-3-7-6-8;;/h7H,2-6H2,1H3;2*1H. The number of nitrogens with one attached hydrogen (secondary N) is 1. The topological polar surface area (TPSA) is 15.3 Å². The summed E-state index contributed by atoms with van der Waals surface area (Å²) in [6.45, 7) is 7.01. The van der Waals surface area contributed by atoms with Crippen molar-refractivity contribution in [3.05, 3.63) is 0 Å². The zero-order valence-electron chi connectivity index (χ0n) is 6.30. The van der Waals surface area contributed by atoms with Crippen molar-refractivity contribution < 1.29 is 0 Å². The Hall–Kier alpha value is 0.500. The maximum absolute atomic E-state index is 3.28. The Morgan fingerprint density at radius 3 is 2.50 bits per heavy atom. The molecule has 0 radical (unpaired) electrons. The molecule has 0 aromatic heterocycles. The van der Waals surface area contributed by atoms with E-state index >= 15 is 0 Å². The van der Waals surface area contributed by atoms with Gasteiger partial charge in [-0.3, -0.25) is 4.90 Å². The van der Waals surface area contributed by atoms with Gasteiger partial charge in [-0.1, -0.05) is 6.92 Å². The molecule has 0 aromatic rings. The van der Waals surface area contributed by atoms with Gasteiger partial charge in [0.15, 0.2) is 0 Å². The van der Waals surface area contributed by atoms with E-state index in [1.807, 2.05) is 0 Å². The van der Waals surface area contributed by atoms with Crippen LogP contribution in [0.15, 0.2) is 0 Å². The third kappa shape index (κ3) is 4.34. The Morgan fingerprint density at radius 1 is 1.40 bits per heavy atom. The molecule has 0 atom stereocenters. The summed E-state index contributed by atoms with van der Waals surface area (Å²) >= 11 is 0. The van der Waals surface area contributed by atoms with Gasteiger partial charge < -0.3 is 5.32 Å². The molecule has 0 amide bonds.